The zero-order valence-electron chi connectivity index (χ0n) is 6.74. The highest BCUT2D eigenvalue weighted by molar-refractivity contribution is 4.51. The number of aliphatic hydroxyl groups is 3. The minimum absolute atomic E-state index is 0. The molecule has 0 aliphatic heterocycles. The molecule has 11 heavy (non-hydrogen) atoms. The Morgan fingerprint density at radius 1 is 0.818 bits per heavy atom. The first kappa shape index (κ1) is 10.8. The average molecular weight is 163 g/mol. The Hall–Kier alpha value is -0.160. The van der Waals surface area contributed by atoms with Gasteiger partial charge in [0.2, 0.25) is 0 Å². The highest BCUT2D eigenvalue weighted by Gasteiger charge is 2.00. The van der Waals surface area contributed by atoms with Gasteiger partial charge in [0.1, 0.15) is 0 Å². The van der Waals surface area contributed by atoms with E-state index in [0.29, 0.717) is 25.9 Å². The van der Waals surface area contributed by atoms with E-state index in [4.69, 9.17) is 15.3 Å². The molecule has 0 spiro atoms. The third kappa shape index (κ3) is 6.25. The molecule has 0 heterocycles. The molecule has 4 heteroatoms. The lowest BCUT2D eigenvalue weighted by atomic mass is 10.3. The summed E-state index contributed by atoms with van der Waals surface area (Å²) in [6, 6.07) is 0. The molecule has 4 nitrogen and oxygen atoms in total. The Morgan fingerprint density at radius 3 is 1.55 bits per heavy atom. The maximum atomic E-state index is 8.74. The van der Waals surface area contributed by atoms with Crippen LogP contribution < -0.4 is 0 Å². The number of hydrogen-bond acceptors (Lipinski definition) is 4. The molecule has 3 N–H and O–H groups in total. The summed E-state index contributed by atoms with van der Waals surface area (Å²) in [7, 11) is 0. The largest absolute Gasteiger partial charge is 0.396 e. The second kappa shape index (κ2) is 7.94. The lowest BCUT2D eigenvalue weighted by Crippen LogP contribution is -2.28. The molecular weight excluding hydrogens is 146 g/mol. The van der Waals surface area contributed by atoms with Crippen LogP contribution in [0, 0.1) is 0 Å². The summed E-state index contributed by atoms with van der Waals surface area (Å²) in [4.78, 5) is 1.78. The maximum Gasteiger partial charge on any atom is 0.0956 e. The molecule has 0 aliphatic rings. The van der Waals surface area contributed by atoms with Crippen LogP contribution >= 0.6 is 0 Å². The third-order valence-corrected chi connectivity index (χ3v) is 1.46. The van der Waals surface area contributed by atoms with Gasteiger partial charge in [0.25, 0.3) is 0 Å². The first-order valence-electron chi connectivity index (χ1n) is 3.90. The van der Waals surface area contributed by atoms with Gasteiger partial charge < -0.3 is 15.3 Å². The number of nitrogens with zero attached hydrogens (tertiary/aromatic N) is 1. The normalized spacial score (nSPS) is 10.9. The highest BCUT2D eigenvalue weighted by atomic mass is 16.3. The molecule has 0 amide bonds. The molecular formula is C7H17NO3. The lowest BCUT2D eigenvalue weighted by molar-refractivity contribution is 0.0928. The van der Waals surface area contributed by atoms with Gasteiger partial charge in [0, 0.05) is 26.3 Å². The molecule has 0 aromatic heterocycles. The van der Waals surface area contributed by atoms with E-state index >= 15 is 0 Å². The quantitative estimate of drug-likeness (QED) is 0.421. The van der Waals surface area contributed by atoms with Crippen molar-refractivity contribution >= 4 is 0 Å². The van der Waals surface area contributed by atoms with Gasteiger partial charge in [-0.25, -0.2) is 0 Å². The molecule has 0 atom stereocenters. The van der Waals surface area contributed by atoms with Crippen molar-refractivity contribution in [3.8, 4) is 0 Å². The number of aliphatic hydroxyl groups excluding tert-OH is 3. The molecule has 0 bridgehead atoms. The van der Waals surface area contributed by atoms with Gasteiger partial charge in [-0.05, 0) is 12.8 Å². The number of hydrogen-bond donors (Lipinski definition) is 3. The summed E-state index contributed by atoms with van der Waals surface area (Å²) in [6.07, 6.45) is 1.35. The smallest absolute Gasteiger partial charge is 0.0956 e. The van der Waals surface area contributed by atoms with Gasteiger partial charge in [-0.3, -0.25) is 4.90 Å². The van der Waals surface area contributed by atoms with Crippen LogP contribution in [-0.4, -0.2) is 53.3 Å². The molecule has 0 aliphatic carbocycles. The van der Waals surface area contributed by atoms with Crippen LogP contribution in [0.3, 0.4) is 0 Å². The van der Waals surface area contributed by atoms with Crippen molar-refractivity contribution in [2.45, 2.75) is 12.8 Å². The standard InChI is InChI=1S/C7H17NO3/c9-5-1-3-8(7-11)4-2-6-10/h9-11H,1-7H2. The zero-order valence-corrected chi connectivity index (χ0v) is 6.74. The fourth-order valence-corrected chi connectivity index (χ4v) is 0.842. The van der Waals surface area contributed by atoms with Gasteiger partial charge in [-0.2, -0.15) is 0 Å². The van der Waals surface area contributed by atoms with Crippen LogP contribution in [0.5, 0.6) is 0 Å². The van der Waals surface area contributed by atoms with Crippen molar-refractivity contribution < 1.29 is 15.3 Å². The minimum atomic E-state index is 0. The Labute approximate surface area is 67.1 Å². The maximum absolute atomic E-state index is 8.74. The summed E-state index contributed by atoms with van der Waals surface area (Å²) in [5.41, 5.74) is 0. The second-order valence-electron chi connectivity index (χ2n) is 2.41. The van der Waals surface area contributed by atoms with Crippen molar-refractivity contribution in [3.63, 3.8) is 0 Å². The van der Waals surface area contributed by atoms with Crippen LogP contribution in [-0.2, 0) is 0 Å². The van der Waals surface area contributed by atoms with Crippen LogP contribution in [0.15, 0.2) is 0 Å². The summed E-state index contributed by atoms with van der Waals surface area (Å²) in [5.74, 6) is 0. The van der Waals surface area contributed by atoms with E-state index < -0.39 is 0 Å². The molecule has 0 unspecified atom stereocenters. The predicted octanol–water partition coefficient (Wildman–Crippen LogP) is -0.997. The third-order valence-electron chi connectivity index (χ3n) is 1.46. The molecule has 68 valence electrons. The molecule has 0 radical (unpaired) electrons. The molecule has 0 rings (SSSR count). The van der Waals surface area contributed by atoms with Crippen LogP contribution in [0.1, 0.15) is 12.8 Å². The van der Waals surface area contributed by atoms with Gasteiger partial charge >= 0.3 is 0 Å². The van der Waals surface area contributed by atoms with E-state index in [0.717, 1.165) is 0 Å². The topological polar surface area (TPSA) is 63.9 Å². The van der Waals surface area contributed by atoms with E-state index in [1.165, 1.54) is 0 Å². The van der Waals surface area contributed by atoms with Gasteiger partial charge in [-0.15, -0.1) is 0 Å². The first-order valence-corrected chi connectivity index (χ1v) is 3.90. The second-order valence-corrected chi connectivity index (χ2v) is 2.41. The van der Waals surface area contributed by atoms with E-state index in [1.807, 2.05) is 0 Å². The summed E-state index contributed by atoms with van der Waals surface area (Å²) >= 11 is 0. The van der Waals surface area contributed by atoms with Crippen molar-refractivity contribution in [1.29, 1.82) is 0 Å². The van der Waals surface area contributed by atoms with Crippen molar-refractivity contribution in [2.75, 3.05) is 33.0 Å². The van der Waals surface area contributed by atoms with E-state index in [2.05, 4.69) is 0 Å². The van der Waals surface area contributed by atoms with Crippen molar-refractivity contribution in [2.24, 2.45) is 0 Å². The molecule has 0 fully saturated rings. The fraction of sp³-hybridized carbons (Fsp3) is 1.00. The zero-order chi connectivity index (χ0) is 8.53. The van der Waals surface area contributed by atoms with E-state index in [9.17, 15) is 0 Å². The average Bonchev–Trinajstić information content (AvgIpc) is 2.05. The molecule has 0 saturated heterocycles. The van der Waals surface area contributed by atoms with Crippen molar-refractivity contribution in [1.82, 2.24) is 4.90 Å². The van der Waals surface area contributed by atoms with Crippen LogP contribution in [0.25, 0.3) is 0 Å². The minimum Gasteiger partial charge on any atom is -0.396 e. The summed E-state index contributed by atoms with van der Waals surface area (Å²) < 4.78 is 0. The van der Waals surface area contributed by atoms with Gasteiger partial charge in [0.05, 0.1) is 6.73 Å². The van der Waals surface area contributed by atoms with E-state index in [1.54, 1.807) is 4.90 Å². The van der Waals surface area contributed by atoms with Gasteiger partial charge in [-0.1, -0.05) is 0 Å². The Balaban J connectivity index is 3.25. The van der Waals surface area contributed by atoms with Gasteiger partial charge in [0.15, 0.2) is 0 Å². The van der Waals surface area contributed by atoms with E-state index in [-0.39, 0.29) is 19.9 Å². The molecule has 0 aromatic carbocycles. The Kier molecular flexibility index (Phi) is 7.83. The molecule has 0 aromatic rings. The molecule has 0 saturated carbocycles. The van der Waals surface area contributed by atoms with Crippen LogP contribution in [0.2, 0.25) is 0 Å². The fourth-order valence-electron chi connectivity index (χ4n) is 0.842. The van der Waals surface area contributed by atoms with Crippen LogP contribution in [0.4, 0.5) is 0 Å². The summed E-state index contributed by atoms with van der Waals surface area (Å²) in [5, 5.41) is 25.7. The lowest BCUT2D eigenvalue weighted by Gasteiger charge is -2.17. The predicted molar refractivity (Wildman–Crippen MR) is 42.1 cm³/mol. The Morgan fingerprint density at radius 2 is 1.27 bits per heavy atom. The Bertz CT molecular complexity index is 72.1. The number of rotatable bonds is 7. The SMILES string of the molecule is OCCCN(CO)CCCO. The first-order chi connectivity index (χ1) is 5.35. The monoisotopic (exact) mass is 163 g/mol. The summed E-state index contributed by atoms with van der Waals surface area (Å²) in [6.45, 7) is 1.67. The van der Waals surface area contributed by atoms with Crippen molar-refractivity contribution in [3.05, 3.63) is 0 Å². The highest BCUT2D eigenvalue weighted by Crippen LogP contribution is 1.91.